The first-order chi connectivity index (χ1) is 8.13. The van der Waals surface area contributed by atoms with Crippen molar-refractivity contribution in [3.63, 3.8) is 0 Å². The van der Waals surface area contributed by atoms with Crippen molar-refractivity contribution in [3.05, 3.63) is 40.3 Å². The van der Waals surface area contributed by atoms with Gasteiger partial charge in [-0.05, 0) is 26.0 Å². The highest BCUT2D eigenvalue weighted by Crippen LogP contribution is 2.23. The van der Waals surface area contributed by atoms with E-state index in [2.05, 4.69) is 15.0 Å². The van der Waals surface area contributed by atoms with Gasteiger partial charge < -0.3 is 5.73 Å². The monoisotopic (exact) mass is 248 g/mol. The van der Waals surface area contributed by atoms with Crippen molar-refractivity contribution < 1.29 is 0 Å². The zero-order valence-electron chi connectivity index (χ0n) is 9.74. The van der Waals surface area contributed by atoms with Crippen molar-refractivity contribution in [2.75, 3.05) is 0 Å². The average Bonchev–Trinajstić information content (AvgIpc) is 2.29. The van der Waals surface area contributed by atoms with Gasteiger partial charge in [0, 0.05) is 29.7 Å². The standard InChI is InChI=1S/C12H13ClN4/c1-7-9(6-14)8(2)17-12(16-7)11-10(13)4-3-5-15-11/h3-5H,6,14H2,1-2H3. The lowest BCUT2D eigenvalue weighted by Gasteiger charge is -2.09. The third kappa shape index (κ3) is 2.28. The van der Waals surface area contributed by atoms with E-state index in [1.165, 1.54) is 0 Å². The van der Waals surface area contributed by atoms with E-state index in [9.17, 15) is 0 Å². The number of hydrogen-bond acceptors (Lipinski definition) is 4. The molecule has 0 fully saturated rings. The average molecular weight is 249 g/mol. The molecular formula is C12H13ClN4. The van der Waals surface area contributed by atoms with Crippen LogP contribution in [0, 0.1) is 13.8 Å². The molecule has 0 aliphatic rings. The predicted molar refractivity (Wildman–Crippen MR) is 67.6 cm³/mol. The van der Waals surface area contributed by atoms with Crippen LogP contribution in [0.15, 0.2) is 18.3 Å². The molecule has 2 aromatic rings. The summed E-state index contributed by atoms with van der Waals surface area (Å²) < 4.78 is 0. The van der Waals surface area contributed by atoms with E-state index >= 15 is 0 Å². The normalized spacial score (nSPS) is 10.6. The number of aryl methyl sites for hydroxylation is 2. The summed E-state index contributed by atoms with van der Waals surface area (Å²) in [4.78, 5) is 13.0. The minimum absolute atomic E-state index is 0.438. The molecule has 0 saturated carbocycles. The molecule has 2 rings (SSSR count). The molecule has 0 aliphatic heterocycles. The van der Waals surface area contributed by atoms with Crippen molar-refractivity contribution in [2.45, 2.75) is 20.4 Å². The lowest BCUT2D eigenvalue weighted by atomic mass is 10.1. The van der Waals surface area contributed by atoms with Crippen LogP contribution in [-0.4, -0.2) is 15.0 Å². The molecule has 0 bridgehead atoms. The molecule has 0 unspecified atom stereocenters. The molecule has 0 saturated heterocycles. The fraction of sp³-hybridized carbons (Fsp3) is 0.250. The Morgan fingerprint density at radius 1 is 1.24 bits per heavy atom. The molecule has 0 spiro atoms. The molecule has 4 nitrogen and oxygen atoms in total. The van der Waals surface area contributed by atoms with Crippen molar-refractivity contribution in [3.8, 4) is 11.5 Å². The second-order valence-electron chi connectivity index (χ2n) is 3.73. The largest absolute Gasteiger partial charge is 0.326 e. The van der Waals surface area contributed by atoms with E-state index in [-0.39, 0.29) is 0 Å². The highest BCUT2D eigenvalue weighted by atomic mass is 35.5. The Morgan fingerprint density at radius 3 is 2.41 bits per heavy atom. The van der Waals surface area contributed by atoms with Gasteiger partial charge in [0.1, 0.15) is 5.69 Å². The van der Waals surface area contributed by atoms with Crippen molar-refractivity contribution in [1.82, 2.24) is 15.0 Å². The highest BCUT2D eigenvalue weighted by molar-refractivity contribution is 6.32. The minimum Gasteiger partial charge on any atom is -0.326 e. The lowest BCUT2D eigenvalue weighted by molar-refractivity contribution is 0.935. The first-order valence-electron chi connectivity index (χ1n) is 5.28. The van der Waals surface area contributed by atoms with Gasteiger partial charge in [-0.2, -0.15) is 0 Å². The smallest absolute Gasteiger partial charge is 0.180 e. The number of nitrogens with two attached hydrogens (primary N) is 1. The summed E-state index contributed by atoms with van der Waals surface area (Å²) in [5.41, 5.74) is 8.97. The van der Waals surface area contributed by atoms with Crippen molar-refractivity contribution >= 4 is 11.6 Å². The molecule has 0 atom stereocenters. The summed E-state index contributed by atoms with van der Waals surface area (Å²) in [5, 5.41) is 0.548. The molecule has 17 heavy (non-hydrogen) atoms. The zero-order valence-corrected chi connectivity index (χ0v) is 10.5. The van der Waals surface area contributed by atoms with E-state index in [1.807, 2.05) is 13.8 Å². The van der Waals surface area contributed by atoms with E-state index in [1.54, 1.807) is 18.3 Å². The molecule has 0 aromatic carbocycles. The highest BCUT2D eigenvalue weighted by Gasteiger charge is 2.11. The predicted octanol–water partition coefficient (Wildman–Crippen LogP) is 2.27. The third-order valence-corrected chi connectivity index (χ3v) is 2.90. The summed E-state index contributed by atoms with van der Waals surface area (Å²) in [6, 6.07) is 3.55. The van der Waals surface area contributed by atoms with E-state index in [0.717, 1.165) is 17.0 Å². The zero-order chi connectivity index (χ0) is 12.4. The van der Waals surface area contributed by atoms with Gasteiger partial charge in [0.25, 0.3) is 0 Å². The minimum atomic E-state index is 0.438. The maximum atomic E-state index is 6.07. The van der Waals surface area contributed by atoms with Crippen LogP contribution >= 0.6 is 11.6 Å². The molecule has 0 amide bonds. The van der Waals surface area contributed by atoms with Gasteiger partial charge in [-0.1, -0.05) is 11.6 Å². The van der Waals surface area contributed by atoms with Crippen LogP contribution in [0.4, 0.5) is 0 Å². The maximum absolute atomic E-state index is 6.07. The fourth-order valence-corrected chi connectivity index (χ4v) is 1.90. The summed E-state index contributed by atoms with van der Waals surface area (Å²) in [6.45, 7) is 4.27. The van der Waals surface area contributed by atoms with Crippen LogP contribution in [0.25, 0.3) is 11.5 Å². The Bertz CT molecular complexity index is 531. The Kier molecular flexibility index (Phi) is 3.36. The number of pyridine rings is 1. The maximum Gasteiger partial charge on any atom is 0.180 e. The molecule has 0 radical (unpaired) electrons. The third-order valence-electron chi connectivity index (χ3n) is 2.60. The van der Waals surface area contributed by atoms with Crippen LogP contribution in [0.5, 0.6) is 0 Å². The second-order valence-corrected chi connectivity index (χ2v) is 4.14. The van der Waals surface area contributed by atoms with Gasteiger partial charge in [-0.25, -0.2) is 9.97 Å². The lowest BCUT2D eigenvalue weighted by Crippen LogP contribution is -2.07. The molecule has 2 heterocycles. The molecule has 2 N–H and O–H groups in total. The topological polar surface area (TPSA) is 64.7 Å². The molecule has 88 valence electrons. The Balaban J connectivity index is 2.59. The summed E-state index contributed by atoms with van der Waals surface area (Å²) in [6.07, 6.45) is 1.67. The van der Waals surface area contributed by atoms with Crippen LogP contribution in [0.3, 0.4) is 0 Å². The van der Waals surface area contributed by atoms with Crippen LogP contribution in [-0.2, 0) is 6.54 Å². The number of halogens is 1. The van der Waals surface area contributed by atoms with Gasteiger partial charge in [0.05, 0.1) is 5.02 Å². The number of aromatic nitrogens is 3. The van der Waals surface area contributed by atoms with Crippen LogP contribution < -0.4 is 5.73 Å². The number of hydrogen-bond donors (Lipinski definition) is 1. The Labute approximate surface area is 105 Å². The Hall–Kier alpha value is -1.52. The number of rotatable bonds is 2. The molecule has 2 aromatic heterocycles. The van der Waals surface area contributed by atoms with Crippen molar-refractivity contribution in [1.29, 1.82) is 0 Å². The molecule has 0 aliphatic carbocycles. The van der Waals surface area contributed by atoms with Gasteiger partial charge in [-0.3, -0.25) is 4.98 Å². The van der Waals surface area contributed by atoms with Gasteiger partial charge in [0.2, 0.25) is 0 Å². The second kappa shape index (κ2) is 4.77. The quantitative estimate of drug-likeness (QED) is 0.886. The van der Waals surface area contributed by atoms with E-state index in [0.29, 0.717) is 23.1 Å². The van der Waals surface area contributed by atoms with Crippen molar-refractivity contribution in [2.24, 2.45) is 5.73 Å². The summed E-state index contributed by atoms with van der Waals surface area (Å²) in [5.74, 6) is 0.544. The first-order valence-corrected chi connectivity index (χ1v) is 5.66. The Morgan fingerprint density at radius 2 is 1.88 bits per heavy atom. The fourth-order valence-electron chi connectivity index (χ4n) is 1.69. The number of nitrogens with zero attached hydrogens (tertiary/aromatic N) is 3. The van der Waals surface area contributed by atoms with Gasteiger partial charge in [-0.15, -0.1) is 0 Å². The summed E-state index contributed by atoms with van der Waals surface area (Å²) in [7, 11) is 0. The van der Waals surface area contributed by atoms with E-state index < -0.39 is 0 Å². The SMILES string of the molecule is Cc1nc(-c2ncccc2Cl)nc(C)c1CN. The van der Waals surface area contributed by atoms with Crippen LogP contribution in [0.1, 0.15) is 17.0 Å². The van der Waals surface area contributed by atoms with Gasteiger partial charge >= 0.3 is 0 Å². The van der Waals surface area contributed by atoms with Gasteiger partial charge in [0.15, 0.2) is 5.82 Å². The first kappa shape index (κ1) is 12.0. The summed E-state index contributed by atoms with van der Waals surface area (Å²) >= 11 is 6.07. The molecule has 5 heteroatoms. The van der Waals surface area contributed by atoms with E-state index in [4.69, 9.17) is 17.3 Å². The van der Waals surface area contributed by atoms with Crippen LogP contribution in [0.2, 0.25) is 5.02 Å². The molecular weight excluding hydrogens is 236 g/mol.